The van der Waals surface area contributed by atoms with Crippen LogP contribution in [-0.4, -0.2) is 35.1 Å². The van der Waals surface area contributed by atoms with Crippen molar-refractivity contribution in [3.63, 3.8) is 0 Å². The Kier molecular flexibility index (Phi) is 3.99. The summed E-state index contributed by atoms with van der Waals surface area (Å²) in [5, 5.41) is 4.85. The van der Waals surface area contributed by atoms with Crippen molar-refractivity contribution in [2.24, 2.45) is 0 Å². The third-order valence-corrected chi connectivity index (χ3v) is 4.36. The zero-order chi connectivity index (χ0) is 13.9. The molecule has 3 rings (SSSR count). The van der Waals surface area contributed by atoms with Gasteiger partial charge in [0.05, 0.1) is 5.52 Å². The van der Waals surface area contributed by atoms with Gasteiger partial charge in [-0.15, -0.1) is 0 Å². The van der Waals surface area contributed by atoms with Crippen molar-refractivity contribution in [3.8, 4) is 0 Å². The van der Waals surface area contributed by atoms with Crippen molar-refractivity contribution in [3.05, 3.63) is 42.1 Å². The van der Waals surface area contributed by atoms with Crippen molar-refractivity contribution >= 4 is 10.9 Å². The number of rotatable bonds is 3. The van der Waals surface area contributed by atoms with Crippen molar-refractivity contribution < 1.29 is 0 Å². The van der Waals surface area contributed by atoms with E-state index in [-0.39, 0.29) is 0 Å². The topological polar surface area (TPSA) is 28.2 Å². The number of nitrogens with zero attached hydrogens (tertiary/aromatic N) is 2. The summed E-state index contributed by atoms with van der Waals surface area (Å²) in [6.07, 6.45) is 3.08. The number of piperazine rings is 1. The number of para-hydroxylation sites is 1. The Morgan fingerprint density at radius 3 is 3.00 bits per heavy atom. The van der Waals surface area contributed by atoms with Gasteiger partial charge in [-0.25, -0.2) is 0 Å². The largest absolute Gasteiger partial charge is 0.311 e. The van der Waals surface area contributed by atoms with Crippen molar-refractivity contribution in [2.75, 3.05) is 13.1 Å². The van der Waals surface area contributed by atoms with E-state index in [0.29, 0.717) is 12.1 Å². The molecule has 1 aliphatic heterocycles. The van der Waals surface area contributed by atoms with Gasteiger partial charge in [-0.2, -0.15) is 0 Å². The van der Waals surface area contributed by atoms with Crippen LogP contribution < -0.4 is 5.32 Å². The van der Waals surface area contributed by atoms with Gasteiger partial charge in [0.2, 0.25) is 0 Å². The van der Waals surface area contributed by atoms with Gasteiger partial charge in [-0.05, 0) is 25.0 Å². The van der Waals surface area contributed by atoms with Gasteiger partial charge in [-0.1, -0.05) is 31.2 Å². The van der Waals surface area contributed by atoms with Crippen LogP contribution in [0.25, 0.3) is 10.9 Å². The molecule has 1 aliphatic rings. The van der Waals surface area contributed by atoms with E-state index >= 15 is 0 Å². The lowest BCUT2D eigenvalue weighted by molar-refractivity contribution is 0.132. The molecule has 0 aliphatic carbocycles. The summed E-state index contributed by atoms with van der Waals surface area (Å²) in [6.45, 7) is 7.76. The van der Waals surface area contributed by atoms with Crippen molar-refractivity contribution in [2.45, 2.75) is 38.9 Å². The van der Waals surface area contributed by atoms with E-state index in [4.69, 9.17) is 0 Å². The van der Waals surface area contributed by atoms with Gasteiger partial charge < -0.3 is 5.32 Å². The van der Waals surface area contributed by atoms with Gasteiger partial charge in [0.1, 0.15) is 0 Å². The van der Waals surface area contributed by atoms with Crippen LogP contribution in [0.5, 0.6) is 0 Å². The van der Waals surface area contributed by atoms with Crippen LogP contribution in [0.1, 0.15) is 25.8 Å². The fourth-order valence-corrected chi connectivity index (χ4v) is 3.00. The molecule has 0 saturated carbocycles. The van der Waals surface area contributed by atoms with E-state index in [9.17, 15) is 0 Å². The maximum atomic E-state index is 4.57. The standard InChI is InChI=1S/C17H23N3/c1-3-16-12-20(13(2)10-19-16)11-15-7-4-6-14-8-5-9-18-17(14)15/h4-9,13,16,19H,3,10-12H2,1-2H3. The molecule has 0 spiro atoms. The monoisotopic (exact) mass is 269 g/mol. The van der Waals surface area contributed by atoms with E-state index in [0.717, 1.165) is 25.2 Å². The molecule has 1 fully saturated rings. The molecular formula is C17H23N3. The summed E-state index contributed by atoms with van der Waals surface area (Å²) in [5.41, 5.74) is 2.49. The third kappa shape index (κ3) is 2.69. The zero-order valence-electron chi connectivity index (χ0n) is 12.3. The Bertz CT molecular complexity index is 576. The lowest BCUT2D eigenvalue weighted by Gasteiger charge is -2.38. The van der Waals surface area contributed by atoms with Crippen molar-refractivity contribution in [1.82, 2.24) is 15.2 Å². The Morgan fingerprint density at radius 1 is 1.30 bits per heavy atom. The molecule has 2 aromatic rings. The van der Waals surface area contributed by atoms with Crippen LogP contribution in [-0.2, 0) is 6.54 Å². The number of aromatic nitrogens is 1. The molecule has 0 radical (unpaired) electrons. The lowest BCUT2D eigenvalue weighted by atomic mass is 10.0. The number of pyridine rings is 1. The maximum Gasteiger partial charge on any atom is 0.0746 e. The minimum Gasteiger partial charge on any atom is -0.311 e. The number of benzene rings is 1. The molecule has 2 atom stereocenters. The van der Waals surface area contributed by atoms with Crippen LogP contribution in [0.3, 0.4) is 0 Å². The van der Waals surface area contributed by atoms with Gasteiger partial charge in [-0.3, -0.25) is 9.88 Å². The minimum atomic E-state index is 0.580. The molecule has 106 valence electrons. The number of hydrogen-bond donors (Lipinski definition) is 1. The summed E-state index contributed by atoms with van der Waals surface area (Å²) in [6, 6.07) is 11.8. The molecule has 2 unspecified atom stereocenters. The molecule has 1 saturated heterocycles. The second-order valence-corrected chi connectivity index (χ2v) is 5.78. The van der Waals surface area contributed by atoms with E-state index in [1.54, 1.807) is 0 Å². The second-order valence-electron chi connectivity index (χ2n) is 5.78. The van der Waals surface area contributed by atoms with Crippen molar-refractivity contribution in [1.29, 1.82) is 0 Å². The highest BCUT2D eigenvalue weighted by Crippen LogP contribution is 2.20. The van der Waals surface area contributed by atoms with Gasteiger partial charge in [0.25, 0.3) is 0 Å². The quantitative estimate of drug-likeness (QED) is 0.928. The molecule has 1 aromatic carbocycles. The zero-order valence-corrected chi connectivity index (χ0v) is 12.3. The predicted octanol–water partition coefficient (Wildman–Crippen LogP) is 2.81. The fourth-order valence-electron chi connectivity index (χ4n) is 3.00. The van der Waals surface area contributed by atoms with Gasteiger partial charge in [0, 0.05) is 43.3 Å². The van der Waals surface area contributed by atoms with E-state index in [1.165, 1.54) is 17.4 Å². The molecule has 3 heteroatoms. The van der Waals surface area contributed by atoms with E-state index < -0.39 is 0 Å². The van der Waals surface area contributed by atoms with Crippen LogP contribution in [0.2, 0.25) is 0 Å². The molecule has 20 heavy (non-hydrogen) atoms. The molecule has 2 heterocycles. The summed E-state index contributed by atoms with van der Waals surface area (Å²) >= 11 is 0. The highest BCUT2D eigenvalue weighted by Gasteiger charge is 2.24. The van der Waals surface area contributed by atoms with E-state index in [1.807, 2.05) is 12.3 Å². The van der Waals surface area contributed by atoms with Crippen LogP contribution >= 0.6 is 0 Å². The van der Waals surface area contributed by atoms with Crippen LogP contribution in [0.4, 0.5) is 0 Å². The maximum absolute atomic E-state index is 4.57. The van der Waals surface area contributed by atoms with Crippen LogP contribution in [0, 0.1) is 0 Å². The molecule has 0 bridgehead atoms. The number of fused-ring (bicyclic) bond motifs is 1. The number of nitrogens with one attached hydrogen (secondary N) is 1. The fraction of sp³-hybridized carbons (Fsp3) is 0.471. The Labute approximate surface area is 121 Å². The summed E-state index contributed by atoms with van der Waals surface area (Å²) in [5.74, 6) is 0. The Hall–Kier alpha value is -1.45. The second kappa shape index (κ2) is 5.90. The average molecular weight is 269 g/mol. The SMILES string of the molecule is CCC1CN(Cc2cccc3cccnc23)C(C)CN1. The van der Waals surface area contributed by atoms with Gasteiger partial charge >= 0.3 is 0 Å². The molecular weight excluding hydrogens is 246 g/mol. The lowest BCUT2D eigenvalue weighted by Crippen LogP contribution is -2.54. The normalized spacial score (nSPS) is 24.1. The Balaban J connectivity index is 1.85. The first-order chi connectivity index (χ1) is 9.78. The highest BCUT2D eigenvalue weighted by molar-refractivity contribution is 5.81. The molecule has 1 aromatic heterocycles. The first kappa shape index (κ1) is 13.5. The molecule has 0 amide bonds. The summed E-state index contributed by atoms with van der Waals surface area (Å²) < 4.78 is 0. The average Bonchev–Trinajstić information content (AvgIpc) is 2.50. The smallest absolute Gasteiger partial charge is 0.0746 e. The first-order valence-electron chi connectivity index (χ1n) is 7.58. The highest BCUT2D eigenvalue weighted by atomic mass is 15.2. The Morgan fingerprint density at radius 2 is 2.15 bits per heavy atom. The molecule has 3 nitrogen and oxygen atoms in total. The number of hydrogen-bond acceptors (Lipinski definition) is 3. The first-order valence-corrected chi connectivity index (χ1v) is 7.58. The third-order valence-electron chi connectivity index (χ3n) is 4.36. The predicted molar refractivity (Wildman–Crippen MR) is 83.7 cm³/mol. The minimum absolute atomic E-state index is 0.580. The van der Waals surface area contributed by atoms with Crippen LogP contribution in [0.15, 0.2) is 36.5 Å². The molecule has 1 N–H and O–H groups in total. The van der Waals surface area contributed by atoms with Gasteiger partial charge in [0.15, 0.2) is 0 Å². The van der Waals surface area contributed by atoms with E-state index in [2.05, 4.69) is 53.3 Å². The summed E-state index contributed by atoms with van der Waals surface area (Å²) in [7, 11) is 0. The summed E-state index contributed by atoms with van der Waals surface area (Å²) in [4.78, 5) is 7.15.